The lowest BCUT2D eigenvalue weighted by atomic mass is 9.87. The largest absolute Gasteiger partial charge is 0.355 e. The average Bonchev–Trinajstić information content (AvgIpc) is 3.55. The molecule has 2 N–H and O–H groups in total. The summed E-state index contributed by atoms with van der Waals surface area (Å²) in [5.74, 6) is 0. The Hall–Kier alpha value is -3.44. The first-order chi connectivity index (χ1) is 15.9. The van der Waals surface area contributed by atoms with E-state index in [-0.39, 0.29) is 5.41 Å². The molecular weight excluding hydrogens is 472 g/mol. The molecule has 4 aromatic rings. The summed E-state index contributed by atoms with van der Waals surface area (Å²) in [7, 11) is 0. The minimum absolute atomic E-state index is 0.0132. The predicted molar refractivity (Wildman–Crippen MR) is 140 cm³/mol. The zero-order valence-electron chi connectivity index (χ0n) is 18.5. The van der Waals surface area contributed by atoms with Crippen LogP contribution in [0.1, 0.15) is 36.6 Å². The van der Waals surface area contributed by atoms with Crippen LogP contribution in [0, 0.1) is 0 Å². The van der Waals surface area contributed by atoms with Gasteiger partial charge in [0, 0.05) is 55.3 Å². The molecule has 2 aliphatic heterocycles. The molecule has 0 saturated carbocycles. The molecular formula is C28H23BrN4. The van der Waals surface area contributed by atoms with Gasteiger partial charge in [-0.2, -0.15) is 0 Å². The summed E-state index contributed by atoms with van der Waals surface area (Å²) in [6, 6.07) is 23.2. The fraction of sp³-hybridized carbons (Fsp3) is 0.143. The summed E-state index contributed by atoms with van der Waals surface area (Å²) < 4.78 is 1.05. The van der Waals surface area contributed by atoms with Crippen LogP contribution < -0.4 is 0 Å². The van der Waals surface area contributed by atoms with Gasteiger partial charge in [-0.05, 0) is 72.3 Å². The van der Waals surface area contributed by atoms with Gasteiger partial charge in [-0.3, -0.25) is 4.98 Å². The van der Waals surface area contributed by atoms with E-state index < -0.39 is 0 Å². The molecule has 1 aromatic carbocycles. The molecule has 6 rings (SSSR count). The molecule has 33 heavy (non-hydrogen) atoms. The van der Waals surface area contributed by atoms with Gasteiger partial charge in [0.2, 0.25) is 0 Å². The van der Waals surface area contributed by atoms with Crippen molar-refractivity contribution in [3.05, 3.63) is 94.0 Å². The van der Waals surface area contributed by atoms with Crippen molar-refractivity contribution in [2.24, 2.45) is 0 Å². The van der Waals surface area contributed by atoms with Gasteiger partial charge in [0.15, 0.2) is 0 Å². The van der Waals surface area contributed by atoms with Crippen LogP contribution >= 0.6 is 15.9 Å². The number of aromatic nitrogens is 4. The predicted octanol–water partition coefficient (Wildman–Crippen LogP) is 7.44. The summed E-state index contributed by atoms with van der Waals surface area (Å²) in [5, 5.41) is 0. The van der Waals surface area contributed by atoms with Gasteiger partial charge in [0.25, 0.3) is 0 Å². The quantitative estimate of drug-likeness (QED) is 0.254. The molecule has 5 heteroatoms. The molecule has 0 radical (unpaired) electrons. The Kier molecular flexibility index (Phi) is 4.63. The van der Waals surface area contributed by atoms with Gasteiger partial charge in [-0.25, -0.2) is 4.98 Å². The van der Waals surface area contributed by atoms with Crippen molar-refractivity contribution in [3.8, 4) is 11.1 Å². The minimum Gasteiger partial charge on any atom is -0.355 e. The van der Waals surface area contributed by atoms with Crippen LogP contribution in [0.25, 0.3) is 45.3 Å². The van der Waals surface area contributed by atoms with E-state index in [1.165, 1.54) is 0 Å². The molecule has 0 saturated heterocycles. The molecule has 8 bridgehead atoms. The Balaban J connectivity index is 1.70. The third kappa shape index (κ3) is 3.83. The van der Waals surface area contributed by atoms with Crippen LogP contribution in [-0.2, 0) is 11.8 Å². The van der Waals surface area contributed by atoms with Crippen molar-refractivity contribution in [2.45, 2.75) is 25.7 Å². The van der Waals surface area contributed by atoms with E-state index >= 15 is 0 Å². The van der Waals surface area contributed by atoms with Crippen molar-refractivity contribution < 1.29 is 0 Å². The summed E-state index contributed by atoms with van der Waals surface area (Å²) in [6.07, 6.45) is 5.06. The average molecular weight is 495 g/mol. The monoisotopic (exact) mass is 494 g/mol. The van der Waals surface area contributed by atoms with Gasteiger partial charge >= 0.3 is 0 Å². The smallest absolute Gasteiger partial charge is 0.0736 e. The fourth-order valence-corrected chi connectivity index (χ4v) is 4.85. The number of nitrogens with zero attached hydrogens (tertiary/aromatic N) is 2. The molecule has 3 aromatic heterocycles. The van der Waals surface area contributed by atoms with Crippen LogP contribution in [0.2, 0.25) is 0 Å². The van der Waals surface area contributed by atoms with E-state index in [9.17, 15) is 0 Å². The molecule has 4 nitrogen and oxygen atoms in total. The van der Waals surface area contributed by atoms with Gasteiger partial charge in [0.1, 0.15) is 0 Å². The molecule has 2 aliphatic rings. The van der Waals surface area contributed by atoms with Crippen LogP contribution in [0.4, 0.5) is 0 Å². The lowest BCUT2D eigenvalue weighted by Crippen LogP contribution is -2.14. The highest BCUT2D eigenvalue weighted by atomic mass is 79.9. The molecule has 162 valence electrons. The summed E-state index contributed by atoms with van der Waals surface area (Å²) in [4.78, 5) is 17.0. The first kappa shape index (κ1) is 20.2. The Morgan fingerprint density at radius 2 is 1.52 bits per heavy atom. The second-order valence-corrected chi connectivity index (χ2v) is 10.2. The third-order valence-electron chi connectivity index (χ3n) is 6.26. The number of nitrogens with one attached hydrogen (secondary N) is 2. The van der Waals surface area contributed by atoms with Crippen LogP contribution in [-0.4, -0.2) is 19.9 Å². The lowest BCUT2D eigenvalue weighted by molar-refractivity contribution is 0.543. The summed E-state index contributed by atoms with van der Waals surface area (Å²) >= 11 is 3.55. The molecule has 0 aliphatic carbocycles. The van der Waals surface area contributed by atoms with Crippen LogP contribution in [0.3, 0.4) is 0 Å². The SMILES string of the molecule is CC1(C)Cc2cc3ccc([nH]3)c(-c3ccc(Br)cc3)c3nc(cc4ccc(cc1n2)[nH]4)C=C3. The van der Waals surface area contributed by atoms with Crippen molar-refractivity contribution in [3.63, 3.8) is 0 Å². The zero-order chi connectivity index (χ0) is 22.6. The number of hydrogen-bond acceptors (Lipinski definition) is 2. The highest BCUT2D eigenvalue weighted by molar-refractivity contribution is 9.10. The number of H-pyrrole nitrogens is 2. The van der Waals surface area contributed by atoms with Gasteiger partial charge in [-0.15, -0.1) is 0 Å². The van der Waals surface area contributed by atoms with Gasteiger partial charge in [0.05, 0.1) is 11.4 Å². The Labute approximate surface area is 200 Å². The maximum Gasteiger partial charge on any atom is 0.0736 e. The highest BCUT2D eigenvalue weighted by Crippen LogP contribution is 2.33. The van der Waals surface area contributed by atoms with Gasteiger partial charge in [-0.1, -0.05) is 41.9 Å². The minimum atomic E-state index is -0.0132. The Bertz CT molecular complexity index is 1570. The molecule has 0 fully saturated rings. The number of hydrogen-bond donors (Lipinski definition) is 2. The molecule has 0 unspecified atom stereocenters. The lowest BCUT2D eigenvalue weighted by Gasteiger charge is -2.15. The third-order valence-corrected chi connectivity index (χ3v) is 6.79. The maximum absolute atomic E-state index is 4.98. The Morgan fingerprint density at radius 3 is 2.33 bits per heavy atom. The van der Waals surface area contributed by atoms with Gasteiger partial charge < -0.3 is 9.97 Å². The van der Waals surface area contributed by atoms with Crippen LogP contribution in [0.5, 0.6) is 0 Å². The molecule has 0 atom stereocenters. The number of aromatic amines is 2. The standard InChI is InChI=1S/C28H23BrN4/c1-28(2)16-23-14-21-10-12-25(32-21)27(17-3-5-18(29)6-4-17)24-11-9-20(31-24)13-19-7-8-22(30-19)15-26(28)33-23/h3-15,30,32H,16H2,1-2H3. The van der Waals surface area contributed by atoms with E-state index in [1.54, 1.807) is 0 Å². The van der Waals surface area contributed by atoms with Crippen molar-refractivity contribution in [1.29, 1.82) is 0 Å². The van der Waals surface area contributed by atoms with E-state index in [4.69, 9.17) is 9.97 Å². The highest BCUT2D eigenvalue weighted by Gasteiger charge is 2.28. The molecule has 0 amide bonds. The zero-order valence-corrected chi connectivity index (χ0v) is 20.1. The second kappa shape index (κ2) is 7.56. The Morgan fingerprint density at radius 1 is 0.788 bits per heavy atom. The number of benzene rings is 1. The fourth-order valence-electron chi connectivity index (χ4n) is 4.58. The van der Waals surface area contributed by atoms with Crippen molar-refractivity contribution in [1.82, 2.24) is 19.9 Å². The molecule has 0 spiro atoms. The van der Waals surface area contributed by atoms with E-state index in [2.05, 4.69) is 119 Å². The van der Waals surface area contributed by atoms with Crippen molar-refractivity contribution in [2.75, 3.05) is 0 Å². The van der Waals surface area contributed by atoms with E-state index in [0.29, 0.717) is 0 Å². The number of rotatable bonds is 1. The maximum atomic E-state index is 4.98. The first-order valence-corrected chi connectivity index (χ1v) is 11.9. The first-order valence-electron chi connectivity index (χ1n) is 11.1. The molecule has 5 heterocycles. The summed E-state index contributed by atoms with van der Waals surface area (Å²) in [5.41, 5.74) is 10.4. The van der Waals surface area contributed by atoms with E-state index in [0.717, 1.165) is 66.9 Å². The summed E-state index contributed by atoms with van der Waals surface area (Å²) in [6.45, 7) is 4.50. The topological polar surface area (TPSA) is 57.4 Å². The normalized spacial score (nSPS) is 14.5. The second-order valence-electron chi connectivity index (χ2n) is 9.32. The number of halogens is 1. The van der Waals surface area contributed by atoms with Crippen molar-refractivity contribution >= 4 is 50.1 Å². The van der Waals surface area contributed by atoms with E-state index in [1.807, 2.05) is 0 Å². The van der Waals surface area contributed by atoms with Crippen LogP contribution in [0.15, 0.2) is 71.2 Å². The number of fused-ring (bicyclic) bond motifs is 8.